The van der Waals surface area contributed by atoms with Gasteiger partial charge in [0.05, 0.1) is 10.2 Å². The fraction of sp³-hybridized carbons (Fsp3) is 0.391. The number of benzene rings is 2. The molecule has 0 atom stereocenters. The second kappa shape index (κ2) is 9.70. The third kappa shape index (κ3) is 5.35. The summed E-state index contributed by atoms with van der Waals surface area (Å²) < 4.78 is 1.16. The zero-order chi connectivity index (χ0) is 20.4. The summed E-state index contributed by atoms with van der Waals surface area (Å²) in [7, 11) is 4.11. The lowest BCUT2D eigenvalue weighted by atomic mass is 10.1. The molecule has 0 radical (unpaired) electrons. The van der Waals surface area contributed by atoms with Crippen molar-refractivity contribution in [2.75, 3.05) is 32.1 Å². The van der Waals surface area contributed by atoms with E-state index in [0.717, 1.165) is 39.4 Å². The smallest absolute Gasteiger partial charge is 0.260 e. The van der Waals surface area contributed by atoms with Crippen LogP contribution in [0, 0.1) is 27.7 Å². The maximum Gasteiger partial charge on any atom is 0.260 e. The second-order valence-corrected chi connectivity index (χ2v) is 8.82. The van der Waals surface area contributed by atoms with Crippen LogP contribution >= 0.6 is 23.7 Å². The number of aryl methyl sites for hydroxylation is 4. The summed E-state index contributed by atoms with van der Waals surface area (Å²) in [5.74, 6) is 0.0234. The van der Waals surface area contributed by atoms with Gasteiger partial charge in [0.25, 0.3) is 5.91 Å². The van der Waals surface area contributed by atoms with Gasteiger partial charge < -0.3 is 4.90 Å². The van der Waals surface area contributed by atoms with E-state index in [1.807, 2.05) is 30.0 Å². The fourth-order valence-electron chi connectivity index (χ4n) is 3.34. The Hall–Kier alpha value is -1.95. The van der Waals surface area contributed by atoms with Crippen molar-refractivity contribution in [3.8, 4) is 0 Å². The number of fused-ring (bicyclic) bond motifs is 1. The van der Waals surface area contributed by atoms with Crippen LogP contribution < -0.4 is 4.90 Å². The van der Waals surface area contributed by atoms with E-state index < -0.39 is 0 Å². The first-order valence-electron chi connectivity index (χ1n) is 9.68. The van der Waals surface area contributed by atoms with Crippen molar-refractivity contribution in [1.82, 2.24) is 9.88 Å². The Labute approximate surface area is 184 Å². The number of amides is 1. The van der Waals surface area contributed by atoms with Gasteiger partial charge in [-0.05, 0) is 95.2 Å². The average Bonchev–Trinajstić information content (AvgIpc) is 3.04. The number of hydrogen-bond donors (Lipinski definition) is 0. The van der Waals surface area contributed by atoms with Gasteiger partial charge in [0.1, 0.15) is 0 Å². The van der Waals surface area contributed by atoms with Crippen molar-refractivity contribution in [3.63, 3.8) is 0 Å². The van der Waals surface area contributed by atoms with Crippen LogP contribution in [0.15, 0.2) is 30.3 Å². The van der Waals surface area contributed by atoms with E-state index in [1.54, 1.807) is 11.3 Å². The van der Waals surface area contributed by atoms with E-state index in [4.69, 9.17) is 4.98 Å². The number of anilines is 1. The van der Waals surface area contributed by atoms with Crippen LogP contribution in [-0.2, 0) is 0 Å². The maximum atomic E-state index is 13.4. The van der Waals surface area contributed by atoms with Gasteiger partial charge in [-0.1, -0.05) is 23.5 Å². The van der Waals surface area contributed by atoms with Crippen LogP contribution in [0.4, 0.5) is 5.13 Å². The summed E-state index contributed by atoms with van der Waals surface area (Å²) in [6, 6.07) is 10.2. The summed E-state index contributed by atoms with van der Waals surface area (Å²) in [4.78, 5) is 22.2. The summed E-state index contributed by atoms with van der Waals surface area (Å²) in [6.07, 6.45) is 0.900. The lowest BCUT2D eigenvalue weighted by Crippen LogP contribution is -2.33. The van der Waals surface area contributed by atoms with E-state index in [2.05, 4.69) is 51.9 Å². The average molecular weight is 432 g/mol. The predicted octanol–water partition coefficient (Wildman–Crippen LogP) is 5.55. The minimum Gasteiger partial charge on any atom is -0.309 e. The summed E-state index contributed by atoms with van der Waals surface area (Å²) >= 11 is 1.61. The molecule has 156 valence electrons. The molecule has 3 aromatic rings. The summed E-state index contributed by atoms with van der Waals surface area (Å²) in [6.45, 7) is 9.89. The Morgan fingerprint density at radius 1 is 0.966 bits per heavy atom. The molecule has 3 rings (SSSR count). The molecular formula is C23H30ClN3OS. The zero-order valence-electron chi connectivity index (χ0n) is 18.1. The molecule has 1 heterocycles. The Morgan fingerprint density at radius 2 is 1.69 bits per heavy atom. The molecular weight excluding hydrogens is 402 g/mol. The van der Waals surface area contributed by atoms with Gasteiger partial charge in [-0.25, -0.2) is 4.98 Å². The maximum absolute atomic E-state index is 13.4. The molecule has 0 N–H and O–H groups in total. The highest BCUT2D eigenvalue weighted by molar-refractivity contribution is 7.22. The molecule has 0 fully saturated rings. The van der Waals surface area contributed by atoms with Crippen molar-refractivity contribution in [2.24, 2.45) is 0 Å². The monoisotopic (exact) mass is 431 g/mol. The minimum absolute atomic E-state index is 0. The molecule has 0 bridgehead atoms. The standard InChI is InChI=1S/C23H29N3OS.ClH/c1-15-12-18(4)21-20(13-15)24-23(28-21)26(11-7-10-25(5)6)22(27)19-9-8-16(2)17(3)14-19;/h8-9,12-14H,7,10-11H2,1-6H3;1H. The fourth-order valence-corrected chi connectivity index (χ4v) is 4.38. The van der Waals surface area contributed by atoms with E-state index in [-0.39, 0.29) is 18.3 Å². The number of nitrogens with zero attached hydrogens (tertiary/aromatic N) is 3. The topological polar surface area (TPSA) is 36.4 Å². The molecule has 1 amide bonds. The van der Waals surface area contributed by atoms with Crippen molar-refractivity contribution in [1.29, 1.82) is 0 Å². The van der Waals surface area contributed by atoms with Gasteiger partial charge in [-0.15, -0.1) is 12.4 Å². The Kier molecular flexibility index (Phi) is 7.80. The summed E-state index contributed by atoms with van der Waals surface area (Å²) in [5.41, 5.74) is 6.44. The first-order chi connectivity index (χ1) is 13.3. The first kappa shape index (κ1) is 23.3. The normalized spacial score (nSPS) is 11.0. The third-order valence-electron chi connectivity index (χ3n) is 5.03. The number of carbonyl (C=O) groups is 1. The molecule has 6 heteroatoms. The molecule has 0 saturated carbocycles. The van der Waals surface area contributed by atoms with E-state index in [0.29, 0.717) is 6.54 Å². The highest BCUT2D eigenvalue weighted by Crippen LogP contribution is 2.33. The number of halogens is 1. The Bertz CT molecular complexity index is 1010. The largest absolute Gasteiger partial charge is 0.309 e. The predicted molar refractivity (Wildman–Crippen MR) is 127 cm³/mol. The number of rotatable bonds is 6. The van der Waals surface area contributed by atoms with Crippen LogP contribution in [0.2, 0.25) is 0 Å². The number of aromatic nitrogens is 1. The Balaban J connectivity index is 0.00000300. The lowest BCUT2D eigenvalue weighted by molar-refractivity contribution is 0.0986. The van der Waals surface area contributed by atoms with Gasteiger partial charge in [-0.2, -0.15) is 0 Å². The van der Waals surface area contributed by atoms with Gasteiger partial charge >= 0.3 is 0 Å². The molecule has 1 aromatic heterocycles. The molecule has 29 heavy (non-hydrogen) atoms. The first-order valence-corrected chi connectivity index (χ1v) is 10.5. The van der Waals surface area contributed by atoms with Crippen LogP contribution in [-0.4, -0.2) is 43.0 Å². The molecule has 0 spiro atoms. The van der Waals surface area contributed by atoms with Crippen LogP contribution in [0.5, 0.6) is 0 Å². The highest BCUT2D eigenvalue weighted by Gasteiger charge is 2.22. The Morgan fingerprint density at radius 3 is 2.34 bits per heavy atom. The minimum atomic E-state index is 0. The van der Waals surface area contributed by atoms with E-state index in [9.17, 15) is 4.79 Å². The van der Waals surface area contributed by atoms with Gasteiger partial charge in [0.2, 0.25) is 0 Å². The van der Waals surface area contributed by atoms with Gasteiger partial charge in [0, 0.05) is 12.1 Å². The lowest BCUT2D eigenvalue weighted by Gasteiger charge is -2.21. The number of carbonyl (C=O) groups excluding carboxylic acids is 1. The van der Waals surface area contributed by atoms with Crippen molar-refractivity contribution in [3.05, 3.63) is 58.1 Å². The molecule has 0 saturated heterocycles. The number of thiazole rings is 1. The van der Waals surface area contributed by atoms with Crippen LogP contribution in [0.25, 0.3) is 10.2 Å². The quantitative estimate of drug-likeness (QED) is 0.513. The van der Waals surface area contributed by atoms with Crippen molar-refractivity contribution in [2.45, 2.75) is 34.1 Å². The van der Waals surface area contributed by atoms with E-state index in [1.165, 1.54) is 16.7 Å². The van der Waals surface area contributed by atoms with Gasteiger partial charge in [-0.3, -0.25) is 9.69 Å². The zero-order valence-corrected chi connectivity index (χ0v) is 19.7. The second-order valence-electron chi connectivity index (χ2n) is 7.84. The van der Waals surface area contributed by atoms with E-state index >= 15 is 0 Å². The highest BCUT2D eigenvalue weighted by atomic mass is 35.5. The molecule has 0 unspecified atom stereocenters. The molecule has 0 aliphatic carbocycles. The molecule has 2 aromatic carbocycles. The van der Waals surface area contributed by atoms with Crippen molar-refractivity contribution < 1.29 is 4.79 Å². The number of hydrogen-bond acceptors (Lipinski definition) is 4. The SMILES string of the molecule is Cc1cc(C)c2sc(N(CCCN(C)C)C(=O)c3ccc(C)c(C)c3)nc2c1.Cl. The van der Waals surface area contributed by atoms with Crippen molar-refractivity contribution >= 4 is 45.0 Å². The third-order valence-corrected chi connectivity index (χ3v) is 6.26. The van der Waals surface area contributed by atoms with Crippen LogP contribution in [0.3, 0.4) is 0 Å². The van der Waals surface area contributed by atoms with Crippen LogP contribution in [0.1, 0.15) is 39.0 Å². The molecule has 0 aliphatic rings. The van der Waals surface area contributed by atoms with Gasteiger partial charge in [0.15, 0.2) is 5.13 Å². The summed E-state index contributed by atoms with van der Waals surface area (Å²) in [5, 5.41) is 0.783. The molecule has 4 nitrogen and oxygen atoms in total. The molecule has 0 aliphatic heterocycles.